The van der Waals surface area contributed by atoms with Crippen LogP contribution in [0.5, 0.6) is 0 Å². The first-order valence-electron chi connectivity index (χ1n) is 7.41. The van der Waals surface area contributed by atoms with E-state index in [1.54, 1.807) is 36.4 Å². The minimum absolute atomic E-state index is 0.0928. The highest BCUT2D eigenvalue weighted by Crippen LogP contribution is 2.39. The summed E-state index contributed by atoms with van der Waals surface area (Å²) in [5, 5.41) is 9.70. The minimum atomic E-state index is -0.430. The summed E-state index contributed by atoms with van der Waals surface area (Å²) in [7, 11) is 0. The quantitative estimate of drug-likeness (QED) is 0.779. The number of halogens is 2. The molecule has 25 heavy (non-hydrogen) atoms. The predicted molar refractivity (Wildman–Crippen MR) is 102 cm³/mol. The number of aliphatic hydroxyl groups is 1. The maximum absolute atomic E-state index is 13.0. The zero-order chi connectivity index (χ0) is 18.0. The number of benzene rings is 2. The molecule has 2 amide bonds. The Morgan fingerprint density at radius 1 is 0.960 bits per heavy atom. The van der Waals surface area contributed by atoms with Crippen molar-refractivity contribution in [2.24, 2.45) is 0 Å². The van der Waals surface area contributed by atoms with Crippen molar-refractivity contribution in [2.45, 2.75) is 0 Å². The van der Waals surface area contributed by atoms with Gasteiger partial charge in [0.1, 0.15) is 0 Å². The maximum atomic E-state index is 13.0. The zero-order valence-electron chi connectivity index (χ0n) is 12.9. The first-order valence-corrected chi connectivity index (χ1v) is 9.16. The third kappa shape index (κ3) is 3.46. The molecule has 1 aliphatic rings. The topological polar surface area (TPSA) is 57.6 Å². The maximum Gasteiger partial charge on any atom is 0.272 e. The van der Waals surface area contributed by atoms with Crippen molar-refractivity contribution in [1.29, 1.82) is 0 Å². The van der Waals surface area contributed by atoms with Crippen molar-refractivity contribution in [3.63, 3.8) is 0 Å². The van der Waals surface area contributed by atoms with Crippen LogP contribution in [-0.2, 0) is 9.59 Å². The van der Waals surface area contributed by atoms with Gasteiger partial charge in [0.05, 0.1) is 32.8 Å². The highest BCUT2D eigenvalue weighted by Gasteiger charge is 2.40. The van der Waals surface area contributed by atoms with Crippen molar-refractivity contribution in [1.82, 2.24) is 0 Å². The van der Waals surface area contributed by atoms with E-state index in [9.17, 15) is 9.59 Å². The van der Waals surface area contributed by atoms with Crippen LogP contribution in [0.1, 0.15) is 5.56 Å². The fraction of sp³-hybridized carbons (Fsp3) is 0.111. The van der Waals surface area contributed by atoms with E-state index in [1.807, 2.05) is 6.07 Å². The van der Waals surface area contributed by atoms with Gasteiger partial charge < -0.3 is 5.11 Å². The molecule has 0 radical (unpaired) electrons. The molecule has 2 aromatic rings. The molecule has 0 bridgehead atoms. The lowest BCUT2D eigenvalue weighted by molar-refractivity contribution is -0.119. The summed E-state index contributed by atoms with van der Waals surface area (Å²) in [6.07, 6.45) is 0. The van der Waals surface area contributed by atoms with Gasteiger partial charge in [-0.25, -0.2) is 4.90 Å². The second kappa shape index (κ2) is 7.62. The van der Waals surface area contributed by atoms with E-state index in [4.69, 9.17) is 28.3 Å². The molecule has 1 aliphatic heterocycles. The summed E-state index contributed by atoms with van der Waals surface area (Å²) < 4.78 is 0. The number of aliphatic hydroxyl groups excluding tert-OH is 1. The Morgan fingerprint density at radius 2 is 1.68 bits per heavy atom. The number of nitrogens with zero attached hydrogens (tertiary/aromatic N) is 1. The molecule has 0 aromatic heterocycles. The van der Waals surface area contributed by atoms with E-state index in [0.29, 0.717) is 32.5 Å². The summed E-state index contributed by atoms with van der Waals surface area (Å²) >= 11 is 13.1. The molecular formula is C18H13Cl2NO3S. The number of anilines is 1. The second-order valence-electron chi connectivity index (χ2n) is 5.19. The van der Waals surface area contributed by atoms with Crippen LogP contribution in [0.4, 0.5) is 5.69 Å². The predicted octanol–water partition coefficient (Wildman–Crippen LogP) is 4.00. The zero-order valence-corrected chi connectivity index (χ0v) is 15.2. The smallest absolute Gasteiger partial charge is 0.272 e. The van der Waals surface area contributed by atoms with Crippen LogP contribution in [0.15, 0.2) is 53.4 Å². The lowest BCUT2D eigenvalue weighted by Crippen LogP contribution is -2.31. The van der Waals surface area contributed by atoms with Crippen LogP contribution in [0.3, 0.4) is 0 Å². The second-order valence-corrected chi connectivity index (χ2v) is 7.11. The number of imide groups is 1. The fourth-order valence-corrected chi connectivity index (χ4v) is 3.66. The normalized spacial score (nSPS) is 14.6. The summed E-state index contributed by atoms with van der Waals surface area (Å²) in [6, 6.07) is 13.6. The van der Waals surface area contributed by atoms with Crippen LogP contribution in [0.2, 0.25) is 10.0 Å². The molecule has 0 atom stereocenters. The van der Waals surface area contributed by atoms with Gasteiger partial charge in [0.15, 0.2) is 0 Å². The van der Waals surface area contributed by atoms with Crippen molar-refractivity contribution in [3.8, 4) is 0 Å². The third-order valence-electron chi connectivity index (χ3n) is 3.60. The SMILES string of the molecule is O=C1C(SCCO)=C(c2ccccc2)C(=O)N1c1ccc(Cl)c(Cl)c1. The van der Waals surface area contributed by atoms with Gasteiger partial charge in [-0.3, -0.25) is 9.59 Å². The minimum Gasteiger partial charge on any atom is -0.396 e. The molecule has 1 N–H and O–H groups in total. The Labute approximate surface area is 159 Å². The number of thioether (sulfide) groups is 1. The van der Waals surface area contributed by atoms with Crippen LogP contribution < -0.4 is 4.90 Å². The van der Waals surface area contributed by atoms with Gasteiger partial charge >= 0.3 is 0 Å². The molecule has 0 fully saturated rings. The van der Waals surface area contributed by atoms with Crippen molar-refractivity contribution in [3.05, 3.63) is 69.0 Å². The monoisotopic (exact) mass is 393 g/mol. The van der Waals surface area contributed by atoms with E-state index in [0.717, 1.165) is 16.7 Å². The van der Waals surface area contributed by atoms with E-state index >= 15 is 0 Å². The first-order chi connectivity index (χ1) is 12.0. The molecule has 0 spiro atoms. The summed E-state index contributed by atoms with van der Waals surface area (Å²) in [6.45, 7) is -0.0928. The van der Waals surface area contributed by atoms with Crippen molar-refractivity contribution >= 4 is 58.0 Å². The molecule has 4 nitrogen and oxygen atoms in total. The number of amides is 2. The van der Waals surface area contributed by atoms with E-state index in [-0.39, 0.29) is 11.6 Å². The number of hydrogen-bond donors (Lipinski definition) is 1. The highest BCUT2D eigenvalue weighted by atomic mass is 35.5. The molecule has 0 unspecified atom stereocenters. The number of hydrogen-bond acceptors (Lipinski definition) is 4. The Kier molecular flexibility index (Phi) is 5.49. The molecule has 128 valence electrons. The molecular weight excluding hydrogens is 381 g/mol. The number of carbonyl (C=O) groups is 2. The van der Waals surface area contributed by atoms with Crippen molar-refractivity contribution < 1.29 is 14.7 Å². The summed E-state index contributed by atoms with van der Waals surface area (Å²) in [5.41, 5.74) is 1.34. The molecule has 0 aliphatic carbocycles. The number of carbonyl (C=O) groups excluding carboxylic acids is 2. The van der Waals surface area contributed by atoms with Gasteiger partial charge in [-0.2, -0.15) is 0 Å². The third-order valence-corrected chi connectivity index (χ3v) is 5.40. The van der Waals surface area contributed by atoms with Gasteiger partial charge in [0, 0.05) is 5.75 Å². The van der Waals surface area contributed by atoms with Crippen molar-refractivity contribution in [2.75, 3.05) is 17.3 Å². The number of rotatable bonds is 5. The Hall–Kier alpha value is -1.79. The Bertz CT molecular complexity index is 868. The van der Waals surface area contributed by atoms with Crippen LogP contribution >= 0.6 is 35.0 Å². The van der Waals surface area contributed by atoms with E-state index < -0.39 is 11.8 Å². The first kappa shape index (κ1) is 18.0. The van der Waals surface area contributed by atoms with E-state index in [2.05, 4.69) is 0 Å². The average molecular weight is 394 g/mol. The van der Waals surface area contributed by atoms with Gasteiger partial charge in [-0.05, 0) is 23.8 Å². The summed E-state index contributed by atoms with van der Waals surface area (Å²) in [5.74, 6) is -0.532. The lowest BCUT2D eigenvalue weighted by Gasteiger charge is -2.15. The molecule has 0 saturated carbocycles. The summed E-state index contributed by atoms with van der Waals surface area (Å²) in [4.78, 5) is 27.3. The molecule has 2 aromatic carbocycles. The molecule has 1 heterocycles. The lowest BCUT2D eigenvalue weighted by atomic mass is 10.1. The van der Waals surface area contributed by atoms with Gasteiger partial charge in [0.2, 0.25) is 0 Å². The fourth-order valence-electron chi connectivity index (χ4n) is 2.51. The van der Waals surface area contributed by atoms with Gasteiger partial charge in [-0.1, -0.05) is 53.5 Å². The van der Waals surface area contributed by atoms with Crippen LogP contribution in [-0.4, -0.2) is 29.3 Å². The van der Waals surface area contributed by atoms with Crippen LogP contribution in [0, 0.1) is 0 Å². The molecule has 3 rings (SSSR count). The average Bonchev–Trinajstić information content (AvgIpc) is 2.86. The Balaban J connectivity index is 2.07. The van der Waals surface area contributed by atoms with Gasteiger partial charge in [-0.15, -0.1) is 11.8 Å². The highest BCUT2D eigenvalue weighted by molar-refractivity contribution is 8.04. The molecule has 0 saturated heterocycles. The van der Waals surface area contributed by atoms with Gasteiger partial charge in [0.25, 0.3) is 11.8 Å². The molecule has 7 heteroatoms. The van der Waals surface area contributed by atoms with E-state index in [1.165, 1.54) is 6.07 Å². The van der Waals surface area contributed by atoms with Crippen LogP contribution in [0.25, 0.3) is 5.57 Å². The standard InChI is InChI=1S/C18H13Cl2NO3S/c19-13-7-6-12(10-14(13)20)21-17(23)15(11-4-2-1-3-5-11)16(18(21)24)25-9-8-22/h1-7,10,22H,8-9H2. The largest absolute Gasteiger partial charge is 0.396 e. The Morgan fingerprint density at radius 3 is 2.32 bits per heavy atom.